The van der Waals surface area contributed by atoms with Gasteiger partial charge in [-0.2, -0.15) is 0 Å². The molecule has 8 atom stereocenters. The number of aliphatic hydroxyl groups excluding tert-OH is 3. The maximum absolute atomic E-state index is 14.3. The van der Waals surface area contributed by atoms with Crippen LogP contribution in [0.4, 0.5) is 0 Å². The number of carbonyl (C=O) groups excluding carboxylic acids is 2. The van der Waals surface area contributed by atoms with Crippen LogP contribution in [-0.4, -0.2) is 62.2 Å². The van der Waals surface area contributed by atoms with Gasteiger partial charge in [0.05, 0.1) is 12.0 Å². The average molecular weight is 515 g/mol. The summed E-state index contributed by atoms with van der Waals surface area (Å²) in [5.74, 6) is -2.60. The summed E-state index contributed by atoms with van der Waals surface area (Å²) in [5.41, 5.74) is -4.86. The fourth-order valence-electron chi connectivity index (χ4n) is 7.76. The van der Waals surface area contributed by atoms with Crippen molar-refractivity contribution >= 4 is 11.8 Å². The van der Waals surface area contributed by atoms with E-state index in [1.165, 1.54) is 18.6 Å². The van der Waals surface area contributed by atoms with Crippen molar-refractivity contribution in [3.05, 3.63) is 47.6 Å². The van der Waals surface area contributed by atoms with Crippen molar-refractivity contribution in [2.24, 2.45) is 28.6 Å². The second-order valence-electron chi connectivity index (χ2n) is 12.1. The van der Waals surface area contributed by atoms with E-state index in [1.807, 2.05) is 26.0 Å². The monoisotopic (exact) mass is 514 g/mol. The Morgan fingerprint density at radius 2 is 1.89 bits per heavy atom. The molecule has 0 aliphatic heterocycles. The third-order valence-electron chi connectivity index (χ3n) is 9.79. The molecule has 7 nitrogen and oxygen atoms in total. The predicted molar refractivity (Wildman–Crippen MR) is 139 cm³/mol. The van der Waals surface area contributed by atoms with Gasteiger partial charge in [-0.15, -0.1) is 0 Å². The van der Waals surface area contributed by atoms with Crippen molar-refractivity contribution in [2.75, 3.05) is 6.61 Å². The van der Waals surface area contributed by atoms with Crippen LogP contribution >= 0.6 is 0 Å². The predicted octanol–water partition coefficient (Wildman–Crippen LogP) is 3.17. The average Bonchev–Trinajstić information content (AvgIpc) is 3.26. The minimum absolute atomic E-state index is 0.0926. The number of fused-ring (bicyclic) bond motifs is 3. The summed E-state index contributed by atoms with van der Waals surface area (Å²) in [7, 11) is 0. The number of esters is 1. The van der Waals surface area contributed by atoms with Gasteiger partial charge in [0.25, 0.3) is 0 Å². The molecule has 0 aromatic rings. The fourth-order valence-corrected chi connectivity index (χ4v) is 7.76. The van der Waals surface area contributed by atoms with E-state index >= 15 is 0 Å². The molecule has 2 saturated carbocycles. The van der Waals surface area contributed by atoms with Crippen molar-refractivity contribution in [1.82, 2.24) is 0 Å². The van der Waals surface area contributed by atoms with Crippen LogP contribution in [0.15, 0.2) is 47.6 Å². The minimum atomic E-state index is -2.23. The van der Waals surface area contributed by atoms with Crippen molar-refractivity contribution in [1.29, 1.82) is 0 Å². The lowest BCUT2D eigenvalue weighted by Crippen LogP contribution is -2.65. The fraction of sp³-hybridized carbons (Fsp3) is 0.667. The lowest BCUT2D eigenvalue weighted by Gasteiger charge is -2.48. The minimum Gasteiger partial charge on any atom is -0.455 e. The number of ether oxygens (including phenoxy) is 1. The van der Waals surface area contributed by atoms with Gasteiger partial charge >= 0.3 is 5.97 Å². The zero-order valence-corrected chi connectivity index (χ0v) is 22.6. The highest BCUT2D eigenvalue weighted by atomic mass is 16.6. The Balaban J connectivity index is 1.71. The van der Waals surface area contributed by atoms with Gasteiger partial charge in [-0.3, -0.25) is 4.79 Å². The first-order valence-corrected chi connectivity index (χ1v) is 13.6. The molecular formula is C30H42O7. The number of hydrogen-bond donors (Lipinski definition) is 4. The van der Waals surface area contributed by atoms with E-state index in [4.69, 9.17) is 4.74 Å². The Kier molecular flexibility index (Phi) is 7.25. The van der Waals surface area contributed by atoms with Crippen LogP contribution in [0.2, 0.25) is 0 Å². The van der Waals surface area contributed by atoms with Gasteiger partial charge in [0.2, 0.25) is 0 Å². The molecule has 1 spiro atoms. The van der Waals surface area contributed by atoms with E-state index in [9.17, 15) is 30.0 Å². The van der Waals surface area contributed by atoms with Gasteiger partial charge in [-0.1, -0.05) is 70.9 Å². The van der Waals surface area contributed by atoms with E-state index in [-0.39, 0.29) is 17.8 Å². The van der Waals surface area contributed by atoms with Gasteiger partial charge in [-0.05, 0) is 43.3 Å². The Hall–Kier alpha value is -2.06. The molecule has 2 fully saturated rings. The van der Waals surface area contributed by atoms with Gasteiger partial charge in [0.1, 0.15) is 23.4 Å². The molecule has 204 valence electrons. The molecule has 0 aromatic heterocycles. The molecule has 0 amide bonds. The number of carbonyl (C=O) groups is 2. The maximum atomic E-state index is 14.3. The Labute approximate surface area is 219 Å². The quantitative estimate of drug-likeness (QED) is 0.129. The van der Waals surface area contributed by atoms with Crippen LogP contribution in [0.5, 0.6) is 0 Å². The zero-order valence-electron chi connectivity index (χ0n) is 22.6. The second kappa shape index (κ2) is 9.60. The third-order valence-corrected chi connectivity index (χ3v) is 9.79. The molecule has 37 heavy (non-hydrogen) atoms. The van der Waals surface area contributed by atoms with Crippen LogP contribution in [0.25, 0.3) is 0 Å². The SMILES string of the molecule is CCCCC/C=C/C=C/C(=O)O[C@@]12C[C@@H](C)[C@]34C=C(C)[C@H](O)[C@@]3(O)C(O)C(CO)=CC(C4=O)[C@@H]1C2(C)C. The zero-order chi connectivity index (χ0) is 27.4. The summed E-state index contributed by atoms with van der Waals surface area (Å²) in [6.07, 6.45) is 11.6. The highest BCUT2D eigenvalue weighted by Gasteiger charge is 2.83. The molecule has 0 saturated heterocycles. The second-order valence-corrected chi connectivity index (χ2v) is 12.1. The number of ketones is 1. The molecule has 4 aliphatic rings. The van der Waals surface area contributed by atoms with Gasteiger partial charge in [0.15, 0.2) is 5.78 Å². The number of unbranched alkanes of at least 4 members (excludes halogenated alkanes) is 3. The summed E-state index contributed by atoms with van der Waals surface area (Å²) >= 11 is 0. The van der Waals surface area contributed by atoms with Gasteiger partial charge in [0, 0.05) is 23.3 Å². The van der Waals surface area contributed by atoms with Gasteiger partial charge < -0.3 is 25.2 Å². The highest BCUT2D eigenvalue weighted by Crippen LogP contribution is 2.75. The van der Waals surface area contributed by atoms with Crippen molar-refractivity contribution in [2.45, 2.75) is 90.1 Å². The molecule has 4 N–H and O–H groups in total. The van der Waals surface area contributed by atoms with Crippen LogP contribution in [0, 0.1) is 28.6 Å². The molecule has 2 bridgehead atoms. The number of aliphatic hydroxyl groups is 4. The lowest BCUT2D eigenvalue weighted by molar-refractivity contribution is -0.191. The first kappa shape index (κ1) is 28.0. The van der Waals surface area contributed by atoms with E-state index in [1.54, 1.807) is 26.0 Å². The molecule has 0 aromatic carbocycles. The number of Topliss-reactive ketones (excluding diaryl/α,β-unsaturated/α-hetero) is 1. The third kappa shape index (κ3) is 3.76. The molecule has 7 heteroatoms. The van der Waals surface area contributed by atoms with Gasteiger partial charge in [-0.25, -0.2) is 4.79 Å². The number of rotatable bonds is 8. The lowest BCUT2D eigenvalue weighted by atomic mass is 9.59. The van der Waals surface area contributed by atoms with E-state index < -0.39 is 64.6 Å². The summed E-state index contributed by atoms with van der Waals surface area (Å²) in [6.45, 7) is 8.94. The number of hydrogen-bond acceptors (Lipinski definition) is 7. The van der Waals surface area contributed by atoms with E-state index in [0.717, 1.165) is 19.3 Å². The summed E-state index contributed by atoms with van der Waals surface area (Å²) in [4.78, 5) is 27.3. The molecule has 0 heterocycles. The standard InChI is InChI=1S/C30H42O7/c1-6-7-8-9-10-11-12-13-22(32)37-29-16-19(3)28-15-18(2)24(33)30(28,36)25(34)20(17-31)14-21(26(28)35)23(29)27(29,4)5/h10-15,19,21,23-25,31,33-34,36H,6-9,16-17H2,1-5H3/b11-10+,13-12+/t19-,21?,23-,24+,25?,28+,29+,30-/m1/s1. The Bertz CT molecular complexity index is 1070. The molecular weight excluding hydrogens is 472 g/mol. The summed E-state index contributed by atoms with van der Waals surface area (Å²) in [5, 5.41) is 44.3. The summed E-state index contributed by atoms with van der Waals surface area (Å²) in [6, 6.07) is 0. The van der Waals surface area contributed by atoms with E-state index in [2.05, 4.69) is 6.92 Å². The van der Waals surface area contributed by atoms with Crippen molar-refractivity contribution < 1.29 is 34.8 Å². The molecule has 4 rings (SSSR count). The maximum Gasteiger partial charge on any atom is 0.331 e. The van der Waals surface area contributed by atoms with Crippen LogP contribution in [-0.2, 0) is 14.3 Å². The first-order valence-electron chi connectivity index (χ1n) is 13.6. The largest absolute Gasteiger partial charge is 0.455 e. The highest BCUT2D eigenvalue weighted by molar-refractivity contribution is 5.96. The normalized spacial score (nSPS) is 42.1. The number of allylic oxidation sites excluding steroid dienone is 4. The molecule has 0 radical (unpaired) electrons. The van der Waals surface area contributed by atoms with Crippen molar-refractivity contribution in [3.63, 3.8) is 0 Å². The Morgan fingerprint density at radius 1 is 1.19 bits per heavy atom. The van der Waals surface area contributed by atoms with Crippen LogP contribution in [0.1, 0.15) is 66.7 Å². The first-order chi connectivity index (χ1) is 17.4. The molecule has 4 aliphatic carbocycles. The van der Waals surface area contributed by atoms with Crippen molar-refractivity contribution in [3.8, 4) is 0 Å². The van der Waals surface area contributed by atoms with E-state index in [0.29, 0.717) is 5.57 Å². The molecule has 2 unspecified atom stereocenters. The Morgan fingerprint density at radius 3 is 2.54 bits per heavy atom. The van der Waals surface area contributed by atoms with Crippen LogP contribution in [0.3, 0.4) is 0 Å². The van der Waals surface area contributed by atoms with Crippen LogP contribution < -0.4 is 0 Å². The topological polar surface area (TPSA) is 124 Å². The smallest absolute Gasteiger partial charge is 0.331 e. The summed E-state index contributed by atoms with van der Waals surface area (Å²) < 4.78 is 6.16.